The summed E-state index contributed by atoms with van der Waals surface area (Å²) in [6, 6.07) is 4.32. The lowest BCUT2D eigenvalue weighted by molar-refractivity contribution is -0.129. The van der Waals surface area contributed by atoms with Crippen LogP contribution in [0, 0.1) is 11.7 Å². The Morgan fingerprint density at radius 3 is 2.41 bits per heavy atom. The van der Waals surface area contributed by atoms with Crippen molar-refractivity contribution >= 4 is 21.7 Å². The summed E-state index contributed by atoms with van der Waals surface area (Å²) in [4.78, 5) is 24.7. The molecular formula is C14H17FN2O4S. The third-order valence-corrected chi connectivity index (χ3v) is 5.92. The summed E-state index contributed by atoms with van der Waals surface area (Å²) in [7, 11) is -3.90. The summed E-state index contributed by atoms with van der Waals surface area (Å²) < 4.78 is 37.7. The van der Waals surface area contributed by atoms with Crippen molar-refractivity contribution in [1.29, 1.82) is 0 Å². The number of sulfone groups is 1. The molecule has 0 spiro atoms. The first-order valence-electron chi connectivity index (χ1n) is 6.81. The summed E-state index contributed by atoms with van der Waals surface area (Å²) in [5, 5.41) is -1.30. The van der Waals surface area contributed by atoms with Crippen LogP contribution in [0.5, 0.6) is 0 Å². The molecule has 1 heterocycles. The number of nitrogens with two attached hydrogens (primary N) is 1. The molecule has 1 saturated heterocycles. The molecule has 1 aliphatic heterocycles. The number of likely N-dealkylation sites (tertiary alicyclic amines) is 1. The van der Waals surface area contributed by atoms with E-state index in [1.807, 2.05) is 0 Å². The second kappa shape index (κ2) is 6.04. The highest BCUT2D eigenvalue weighted by Crippen LogP contribution is 2.22. The maximum atomic E-state index is 12.9. The van der Waals surface area contributed by atoms with Crippen molar-refractivity contribution in [3.05, 3.63) is 30.1 Å². The van der Waals surface area contributed by atoms with Gasteiger partial charge >= 0.3 is 0 Å². The van der Waals surface area contributed by atoms with Crippen LogP contribution in [-0.4, -0.2) is 43.5 Å². The van der Waals surface area contributed by atoms with E-state index < -0.39 is 38.6 Å². The standard InChI is InChI=1S/C14H17FN2O4S/c1-9(14(19)17-7-6-10(8-17)13(16)18)22(20,21)12-4-2-11(15)3-5-12/h2-5,9-10H,6-8H2,1H3,(H2,16,18). The second-order valence-corrected chi connectivity index (χ2v) is 7.58. The number of halogens is 1. The summed E-state index contributed by atoms with van der Waals surface area (Å²) in [6.45, 7) is 1.73. The Bertz CT molecular complexity index is 687. The quantitative estimate of drug-likeness (QED) is 0.805. The number of nitrogens with zero attached hydrogens (tertiary/aromatic N) is 1. The fraction of sp³-hybridized carbons (Fsp3) is 0.429. The fourth-order valence-corrected chi connectivity index (χ4v) is 3.75. The van der Waals surface area contributed by atoms with E-state index in [-0.39, 0.29) is 11.4 Å². The molecule has 6 nitrogen and oxygen atoms in total. The highest BCUT2D eigenvalue weighted by molar-refractivity contribution is 7.92. The SMILES string of the molecule is CC(C(=O)N1CCC(C(N)=O)C1)S(=O)(=O)c1ccc(F)cc1. The predicted octanol–water partition coefficient (Wildman–Crippen LogP) is 0.322. The van der Waals surface area contributed by atoms with Crippen LogP contribution in [0.15, 0.2) is 29.2 Å². The molecule has 1 aliphatic rings. The number of amides is 2. The van der Waals surface area contributed by atoms with Gasteiger partial charge in [0.05, 0.1) is 10.8 Å². The van der Waals surface area contributed by atoms with Crippen molar-refractivity contribution < 1.29 is 22.4 Å². The lowest BCUT2D eigenvalue weighted by atomic mass is 10.1. The third-order valence-electron chi connectivity index (χ3n) is 3.86. The molecule has 1 aromatic carbocycles. The zero-order chi connectivity index (χ0) is 16.5. The Balaban J connectivity index is 2.16. The normalized spacial score (nSPS) is 19.9. The topological polar surface area (TPSA) is 97.5 Å². The van der Waals surface area contributed by atoms with Crippen molar-refractivity contribution in [3.8, 4) is 0 Å². The van der Waals surface area contributed by atoms with Gasteiger partial charge < -0.3 is 10.6 Å². The maximum Gasteiger partial charge on any atom is 0.241 e. The van der Waals surface area contributed by atoms with Crippen LogP contribution in [0.2, 0.25) is 0 Å². The average Bonchev–Trinajstić information content (AvgIpc) is 2.96. The summed E-state index contributed by atoms with van der Waals surface area (Å²) >= 11 is 0. The van der Waals surface area contributed by atoms with Crippen molar-refractivity contribution in [2.24, 2.45) is 11.7 Å². The van der Waals surface area contributed by atoms with Crippen LogP contribution in [0.1, 0.15) is 13.3 Å². The van der Waals surface area contributed by atoms with Gasteiger partial charge in [-0.1, -0.05) is 0 Å². The zero-order valence-corrected chi connectivity index (χ0v) is 12.8. The van der Waals surface area contributed by atoms with Crippen LogP contribution in [0.4, 0.5) is 4.39 Å². The molecule has 2 N–H and O–H groups in total. The summed E-state index contributed by atoms with van der Waals surface area (Å²) in [5.41, 5.74) is 5.20. The number of benzene rings is 1. The minimum atomic E-state index is -3.90. The Kier molecular flexibility index (Phi) is 4.50. The molecule has 0 aliphatic carbocycles. The van der Waals surface area contributed by atoms with Gasteiger partial charge in [0.2, 0.25) is 11.8 Å². The molecule has 8 heteroatoms. The molecule has 2 unspecified atom stereocenters. The molecule has 1 fully saturated rings. The van der Waals surface area contributed by atoms with Gasteiger partial charge in [-0.05, 0) is 37.6 Å². The van der Waals surface area contributed by atoms with E-state index in [1.54, 1.807) is 0 Å². The molecule has 0 saturated carbocycles. The zero-order valence-electron chi connectivity index (χ0n) is 12.0. The van der Waals surface area contributed by atoms with Gasteiger partial charge in [0, 0.05) is 13.1 Å². The van der Waals surface area contributed by atoms with E-state index >= 15 is 0 Å². The monoisotopic (exact) mass is 328 g/mol. The molecule has 2 amide bonds. The molecule has 2 rings (SSSR count). The highest BCUT2D eigenvalue weighted by atomic mass is 32.2. The summed E-state index contributed by atoms with van der Waals surface area (Å²) in [5.74, 6) is -2.07. The van der Waals surface area contributed by atoms with Crippen molar-refractivity contribution in [1.82, 2.24) is 4.90 Å². The number of carbonyl (C=O) groups excluding carboxylic acids is 2. The van der Waals surface area contributed by atoms with Crippen LogP contribution >= 0.6 is 0 Å². The highest BCUT2D eigenvalue weighted by Gasteiger charge is 2.37. The molecule has 22 heavy (non-hydrogen) atoms. The fourth-order valence-electron chi connectivity index (χ4n) is 2.41. The Hall–Kier alpha value is -1.96. The van der Waals surface area contributed by atoms with Crippen LogP contribution < -0.4 is 5.73 Å². The van der Waals surface area contributed by atoms with Gasteiger partial charge in [0.1, 0.15) is 11.1 Å². The lowest BCUT2D eigenvalue weighted by Crippen LogP contribution is -2.41. The average molecular weight is 328 g/mol. The molecule has 0 radical (unpaired) electrons. The molecule has 120 valence electrons. The second-order valence-electron chi connectivity index (χ2n) is 5.31. The minimum absolute atomic E-state index is 0.111. The maximum absolute atomic E-state index is 12.9. The van der Waals surface area contributed by atoms with E-state index in [4.69, 9.17) is 5.73 Å². The molecule has 2 atom stereocenters. The number of primary amides is 1. The third kappa shape index (κ3) is 3.11. The van der Waals surface area contributed by atoms with E-state index in [9.17, 15) is 22.4 Å². The van der Waals surface area contributed by atoms with Crippen LogP contribution in [0.25, 0.3) is 0 Å². The van der Waals surface area contributed by atoms with Gasteiger partial charge in [-0.15, -0.1) is 0 Å². The first kappa shape index (κ1) is 16.4. The first-order chi connectivity index (χ1) is 10.2. The number of hydrogen-bond donors (Lipinski definition) is 1. The van der Waals surface area contributed by atoms with Gasteiger partial charge in [-0.2, -0.15) is 0 Å². The first-order valence-corrected chi connectivity index (χ1v) is 8.35. The van der Waals surface area contributed by atoms with Gasteiger partial charge in [0.25, 0.3) is 0 Å². The van der Waals surface area contributed by atoms with Crippen molar-refractivity contribution in [2.45, 2.75) is 23.5 Å². The van der Waals surface area contributed by atoms with Crippen LogP contribution in [0.3, 0.4) is 0 Å². The Morgan fingerprint density at radius 1 is 1.32 bits per heavy atom. The van der Waals surface area contributed by atoms with Gasteiger partial charge in [-0.3, -0.25) is 9.59 Å². The smallest absolute Gasteiger partial charge is 0.241 e. The molecule has 1 aromatic rings. The van der Waals surface area contributed by atoms with Crippen molar-refractivity contribution in [2.75, 3.05) is 13.1 Å². The van der Waals surface area contributed by atoms with Crippen molar-refractivity contribution in [3.63, 3.8) is 0 Å². The lowest BCUT2D eigenvalue weighted by Gasteiger charge is -2.21. The number of carbonyl (C=O) groups is 2. The van der Waals surface area contributed by atoms with Crippen LogP contribution in [-0.2, 0) is 19.4 Å². The molecule has 0 aromatic heterocycles. The Labute approximate surface area is 128 Å². The summed E-state index contributed by atoms with van der Waals surface area (Å²) in [6.07, 6.45) is 0.435. The van der Waals surface area contributed by atoms with E-state index in [2.05, 4.69) is 0 Å². The van der Waals surface area contributed by atoms with E-state index in [0.717, 1.165) is 24.3 Å². The van der Waals surface area contributed by atoms with Gasteiger partial charge in [-0.25, -0.2) is 12.8 Å². The van der Waals surface area contributed by atoms with Gasteiger partial charge in [0.15, 0.2) is 9.84 Å². The molecular weight excluding hydrogens is 311 g/mol. The molecule has 0 bridgehead atoms. The van der Waals surface area contributed by atoms with E-state index in [0.29, 0.717) is 13.0 Å². The van der Waals surface area contributed by atoms with E-state index in [1.165, 1.54) is 11.8 Å². The number of rotatable bonds is 4. The largest absolute Gasteiger partial charge is 0.369 e. The number of hydrogen-bond acceptors (Lipinski definition) is 4. The Morgan fingerprint density at radius 2 is 1.91 bits per heavy atom. The minimum Gasteiger partial charge on any atom is -0.369 e. The predicted molar refractivity (Wildman–Crippen MR) is 76.9 cm³/mol.